The van der Waals surface area contributed by atoms with E-state index in [1.807, 2.05) is 20.8 Å². The molecule has 0 unspecified atom stereocenters. The van der Waals surface area contributed by atoms with Crippen molar-refractivity contribution in [3.05, 3.63) is 48.8 Å². The Labute approximate surface area is 159 Å². The molecule has 0 aliphatic carbocycles. The van der Waals surface area contributed by atoms with Gasteiger partial charge < -0.3 is 10.2 Å². The Morgan fingerprint density at radius 1 is 1.39 bits per heavy atom. The van der Waals surface area contributed by atoms with Crippen LogP contribution in [0, 0.1) is 16.0 Å². The van der Waals surface area contributed by atoms with E-state index in [9.17, 15) is 24.5 Å². The quantitative estimate of drug-likeness (QED) is 0.510. The van der Waals surface area contributed by atoms with Crippen LogP contribution in [0.25, 0.3) is 0 Å². The lowest BCUT2D eigenvalue weighted by Gasteiger charge is -2.25. The van der Waals surface area contributed by atoms with Crippen LogP contribution in [-0.2, 0) is 6.54 Å². The first kappa shape index (κ1) is 20.9. The number of amides is 1. The summed E-state index contributed by atoms with van der Waals surface area (Å²) in [5, 5.41) is 10.8. The molecule has 0 spiro atoms. The number of H-pyrrole nitrogens is 1. The van der Waals surface area contributed by atoms with Crippen molar-refractivity contribution in [2.75, 3.05) is 17.2 Å². The Kier molecular flexibility index (Phi) is 6.39. The van der Waals surface area contributed by atoms with E-state index in [-0.39, 0.29) is 36.3 Å². The summed E-state index contributed by atoms with van der Waals surface area (Å²) in [6.07, 6.45) is 1.45. The standard InChI is InChI=1S/C17H23N5O6/c1-4-5-8-20-14(18)13(15(23)19-17(20)25)21(9-10(2)3)16(24)11-6-7-12(28-11)22(26)27/h6-7,10H,4-5,8-9,18H2,1-3H3,(H,19,23,25). The highest BCUT2D eigenvalue weighted by molar-refractivity contribution is 6.05. The van der Waals surface area contributed by atoms with Crippen molar-refractivity contribution >= 4 is 23.3 Å². The van der Waals surface area contributed by atoms with E-state index in [2.05, 4.69) is 4.98 Å². The van der Waals surface area contributed by atoms with Gasteiger partial charge >= 0.3 is 11.6 Å². The second kappa shape index (κ2) is 8.55. The van der Waals surface area contributed by atoms with Crippen LogP contribution in [0.2, 0.25) is 0 Å². The fraction of sp³-hybridized carbons (Fsp3) is 0.471. The molecular weight excluding hydrogens is 370 g/mol. The number of nitrogens with one attached hydrogen (secondary N) is 1. The SMILES string of the molecule is CCCCn1c(N)c(N(CC(C)C)C(=O)c2ccc([N+](=O)[O-])o2)c(=O)[nH]c1=O. The molecule has 3 N–H and O–H groups in total. The first-order valence-electron chi connectivity index (χ1n) is 8.86. The minimum absolute atomic E-state index is 0.0660. The second-order valence-electron chi connectivity index (χ2n) is 6.70. The molecule has 2 rings (SSSR count). The van der Waals surface area contributed by atoms with Gasteiger partial charge in [0.05, 0.1) is 6.07 Å². The van der Waals surface area contributed by atoms with Crippen LogP contribution in [0.15, 0.2) is 26.1 Å². The fourth-order valence-electron chi connectivity index (χ4n) is 2.69. The minimum Gasteiger partial charge on any atom is -0.395 e. The number of hydrogen-bond donors (Lipinski definition) is 2. The molecule has 0 aliphatic rings. The number of carbonyl (C=O) groups is 1. The fourth-order valence-corrected chi connectivity index (χ4v) is 2.69. The Morgan fingerprint density at radius 2 is 2.07 bits per heavy atom. The predicted molar refractivity (Wildman–Crippen MR) is 103 cm³/mol. The molecule has 28 heavy (non-hydrogen) atoms. The van der Waals surface area contributed by atoms with Gasteiger partial charge in [-0.2, -0.15) is 0 Å². The van der Waals surface area contributed by atoms with Gasteiger partial charge in [-0.3, -0.25) is 34.2 Å². The monoisotopic (exact) mass is 393 g/mol. The minimum atomic E-state index is -0.815. The van der Waals surface area contributed by atoms with Gasteiger partial charge in [-0.15, -0.1) is 0 Å². The number of anilines is 2. The van der Waals surface area contributed by atoms with Gasteiger partial charge in [0.1, 0.15) is 10.7 Å². The molecule has 0 saturated carbocycles. The van der Waals surface area contributed by atoms with E-state index in [4.69, 9.17) is 10.2 Å². The summed E-state index contributed by atoms with van der Waals surface area (Å²) < 4.78 is 6.18. The maximum absolute atomic E-state index is 12.9. The first-order valence-corrected chi connectivity index (χ1v) is 8.86. The first-order chi connectivity index (χ1) is 13.2. The molecule has 0 bridgehead atoms. The van der Waals surface area contributed by atoms with Gasteiger partial charge in [-0.05, 0) is 18.4 Å². The number of nitrogen functional groups attached to an aromatic ring is 1. The number of nitrogens with zero attached hydrogens (tertiary/aromatic N) is 3. The second-order valence-corrected chi connectivity index (χ2v) is 6.70. The van der Waals surface area contributed by atoms with Gasteiger partial charge in [0, 0.05) is 13.1 Å². The van der Waals surface area contributed by atoms with E-state index >= 15 is 0 Å². The van der Waals surface area contributed by atoms with E-state index in [1.54, 1.807) is 0 Å². The molecule has 0 atom stereocenters. The number of furan rings is 1. The van der Waals surface area contributed by atoms with Crippen molar-refractivity contribution in [2.45, 2.75) is 40.2 Å². The Morgan fingerprint density at radius 3 is 2.61 bits per heavy atom. The number of aromatic nitrogens is 2. The van der Waals surface area contributed by atoms with Crippen LogP contribution in [0.3, 0.4) is 0 Å². The summed E-state index contributed by atoms with van der Waals surface area (Å²) in [7, 11) is 0. The largest absolute Gasteiger partial charge is 0.433 e. The molecule has 0 radical (unpaired) electrons. The number of aromatic amines is 1. The molecule has 2 aromatic rings. The molecule has 2 aromatic heterocycles. The van der Waals surface area contributed by atoms with Crippen molar-refractivity contribution in [1.29, 1.82) is 0 Å². The smallest absolute Gasteiger partial charge is 0.395 e. The van der Waals surface area contributed by atoms with Crippen LogP contribution < -0.4 is 21.9 Å². The topological polar surface area (TPSA) is 157 Å². The Balaban J connectivity index is 2.59. The van der Waals surface area contributed by atoms with E-state index in [0.717, 1.165) is 23.5 Å². The molecule has 152 valence electrons. The zero-order valence-corrected chi connectivity index (χ0v) is 15.9. The number of hydrogen-bond acceptors (Lipinski definition) is 7. The average Bonchev–Trinajstić information content (AvgIpc) is 3.10. The van der Waals surface area contributed by atoms with E-state index < -0.39 is 28.0 Å². The summed E-state index contributed by atoms with van der Waals surface area (Å²) in [5.41, 5.74) is 4.42. The van der Waals surface area contributed by atoms with E-state index in [1.165, 1.54) is 4.57 Å². The highest BCUT2D eigenvalue weighted by Gasteiger charge is 2.29. The summed E-state index contributed by atoms with van der Waals surface area (Å²) in [5.74, 6) is -1.87. The van der Waals surface area contributed by atoms with Gasteiger partial charge in [0.15, 0.2) is 11.4 Å². The maximum Gasteiger partial charge on any atom is 0.433 e. The molecule has 11 heteroatoms. The summed E-state index contributed by atoms with van der Waals surface area (Å²) in [6.45, 7) is 5.95. The number of nitro groups is 1. The normalized spacial score (nSPS) is 11.0. The molecule has 0 aliphatic heterocycles. The maximum atomic E-state index is 12.9. The zero-order valence-electron chi connectivity index (χ0n) is 15.9. The number of nitrogens with two attached hydrogens (primary N) is 1. The molecule has 0 fully saturated rings. The van der Waals surface area contributed by atoms with Crippen LogP contribution in [0.1, 0.15) is 44.2 Å². The van der Waals surface area contributed by atoms with E-state index in [0.29, 0.717) is 6.42 Å². The van der Waals surface area contributed by atoms with Crippen molar-refractivity contribution in [2.24, 2.45) is 5.92 Å². The summed E-state index contributed by atoms with van der Waals surface area (Å²) in [4.78, 5) is 50.9. The molecule has 2 heterocycles. The van der Waals surface area contributed by atoms with Crippen LogP contribution >= 0.6 is 0 Å². The van der Waals surface area contributed by atoms with Crippen molar-refractivity contribution in [3.8, 4) is 0 Å². The third kappa shape index (κ3) is 4.30. The molecule has 0 aromatic carbocycles. The van der Waals surface area contributed by atoms with Crippen LogP contribution in [-0.4, -0.2) is 26.9 Å². The summed E-state index contributed by atoms with van der Waals surface area (Å²) in [6, 6.07) is 2.21. The Hall–Kier alpha value is -3.37. The van der Waals surface area contributed by atoms with Crippen LogP contribution in [0.4, 0.5) is 17.4 Å². The van der Waals surface area contributed by atoms with Gasteiger partial charge in [-0.1, -0.05) is 27.2 Å². The highest BCUT2D eigenvalue weighted by Crippen LogP contribution is 2.23. The van der Waals surface area contributed by atoms with Gasteiger partial charge in [0.2, 0.25) is 0 Å². The number of carbonyl (C=O) groups excluding carboxylic acids is 1. The van der Waals surface area contributed by atoms with Gasteiger partial charge in [0.25, 0.3) is 11.5 Å². The lowest BCUT2D eigenvalue weighted by molar-refractivity contribution is -0.402. The van der Waals surface area contributed by atoms with Crippen LogP contribution in [0.5, 0.6) is 0 Å². The van der Waals surface area contributed by atoms with Crippen molar-refractivity contribution in [3.63, 3.8) is 0 Å². The predicted octanol–water partition coefficient (Wildman–Crippen LogP) is 1.72. The molecule has 11 nitrogen and oxygen atoms in total. The highest BCUT2D eigenvalue weighted by atomic mass is 16.6. The molecule has 0 saturated heterocycles. The van der Waals surface area contributed by atoms with Crippen molar-refractivity contribution in [1.82, 2.24) is 9.55 Å². The lowest BCUT2D eigenvalue weighted by Crippen LogP contribution is -2.42. The molecule has 1 amide bonds. The Bertz CT molecular complexity index is 987. The summed E-state index contributed by atoms with van der Waals surface area (Å²) >= 11 is 0. The number of unbranched alkanes of at least 4 members (excludes halogenated alkanes) is 1. The number of rotatable bonds is 8. The van der Waals surface area contributed by atoms with Gasteiger partial charge in [-0.25, -0.2) is 4.79 Å². The zero-order chi connectivity index (χ0) is 21.0. The lowest BCUT2D eigenvalue weighted by atomic mass is 10.2. The average molecular weight is 393 g/mol. The third-order valence-electron chi connectivity index (χ3n) is 3.99. The van der Waals surface area contributed by atoms with Crippen molar-refractivity contribution < 1.29 is 14.1 Å². The molecular formula is C17H23N5O6. The third-order valence-corrected chi connectivity index (χ3v) is 3.99.